The average molecular weight is 634 g/mol. The molecule has 4 aliphatic carbocycles. The zero-order valence-electron chi connectivity index (χ0n) is 25.1. The molecule has 208 valence electrons. The predicted octanol–water partition coefficient (Wildman–Crippen LogP) is 10.2. The molecule has 0 aromatic heterocycles. The second-order valence-corrected chi connectivity index (χ2v) is 14.9. The summed E-state index contributed by atoms with van der Waals surface area (Å²) in [7, 11) is 0. The summed E-state index contributed by atoms with van der Waals surface area (Å²) < 4.78 is 1.24. The molecule has 0 aliphatic heterocycles. The minimum Gasteiger partial charge on any atom is -0.399 e. The van der Waals surface area contributed by atoms with Gasteiger partial charge < -0.3 is 5.73 Å². The first-order chi connectivity index (χ1) is 18.4. The zero-order valence-corrected chi connectivity index (χ0v) is 27.3. The molecule has 0 heterocycles. The molecule has 1 aromatic rings. The summed E-state index contributed by atoms with van der Waals surface area (Å²) in [5.74, 6) is 2.29. The number of aryl methyl sites for hydroxylation is 1. The molecular weight excluding hydrogens is 585 g/mol. The topological polar surface area (TPSA) is 26.0 Å². The van der Waals surface area contributed by atoms with Gasteiger partial charge in [-0.1, -0.05) is 98.5 Å². The van der Waals surface area contributed by atoms with Gasteiger partial charge in [0, 0.05) is 17.5 Å². The molecule has 2 heteroatoms. The molecule has 0 fully saturated rings. The summed E-state index contributed by atoms with van der Waals surface area (Å²) in [6.45, 7) is 27.8. The SMILES string of the molecule is C=C(N)C1=C(C)C[C@@]2(C)C[C@@]3(C)Cc4c(C5C=CC(CC)C(CCI)C5)ccc(C)c4C(=C)C3=C(C)C2C1=C. The Morgan fingerprint density at radius 3 is 2.46 bits per heavy atom. The summed E-state index contributed by atoms with van der Waals surface area (Å²) in [6.07, 6.45) is 12.2. The monoisotopic (exact) mass is 633 g/mol. The number of alkyl halides is 1. The molecule has 0 spiro atoms. The quantitative estimate of drug-likeness (QED) is 0.195. The Labute approximate surface area is 251 Å². The van der Waals surface area contributed by atoms with Gasteiger partial charge in [0.05, 0.1) is 0 Å². The Kier molecular flexibility index (Phi) is 7.53. The molecule has 1 nitrogen and oxygen atoms in total. The van der Waals surface area contributed by atoms with Gasteiger partial charge in [-0.2, -0.15) is 0 Å². The van der Waals surface area contributed by atoms with Crippen LogP contribution in [0.1, 0.15) is 94.9 Å². The average Bonchev–Trinajstić information content (AvgIpc) is 2.82. The van der Waals surface area contributed by atoms with Crippen molar-refractivity contribution in [3.05, 3.63) is 99.8 Å². The molecule has 2 N–H and O–H groups in total. The van der Waals surface area contributed by atoms with E-state index in [0.717, 1.165) is 42.2 Å². The van der Waals surface area contributed by atoms with Crippen LogP contribution in [0.25, 0.3) is 5.57 Å². The lowest BCUT2D eigenvalue weighted by molar-refractivity contribution is 0.119. The minimum absolute atomic E-state index is 0.0612. The van der Waals surface area contributed by atoms with Crippen molar-refractivity contribution in [1.82, 2.24) is 0 Å². The van der Waals surface area contributed by atoms with Gasteiger partial charge in [-0.05, 0) is 131 Å². The minimum atomic E-state index is 0.0612. The van der Waals surface area contributed by atoms with Crippen LogP contribution in [0.5, 0.6) is 0 Å². The highest BCUT2D eigenvalue weighted by molar-refractivity contribution is 14.1. The van der Waals surface area contributed by atoms with Crippen LogP contribution in [0.4, 0.5) is 0 Å². The molecule has 4 unspecified atom stereocenters. The van der Waals surface area contributed by atoms with Gasteiger partial charge in [-0.15, -0.1) is 0 Å². The van der Waals surface area contributed by atoms with E-state index in [1.807, 2.05) is 0 Å². The summed E-state index contributed by atoms with van der Waals surface area (Å²) in [5, 5.41) is 0. The lowest BCUT2D eigenvalue weighted by atomic mass is 9.47. The number of hydrogen-bond donors (Lipinski definition) is 1. The Bertz CT molecular complexity index is 1350. The van der Waals surface area contributed by atoms with Crippen molar-refractivity contribution < 1.29 is 0 Å². The van der Waals surface area contributed by atoms with Gasteiger partial charge >= 0.3 is 0 Å². The number of halogens is 1. The van der Waals surface area contributed by atoms with Gasteiger partial charge in [0.1, 0.15) is 0 Å². The fourth-order valence-electron chi connectivity index (χ4n) is 9.86. The van der Waals surface area contributed by atoms with E-state index in [1.54, 1.807) is 11.1 Å². The van der Waals surface area contributed by atoms with E-state index in [-0.39, 0.29) is 16.7 Å². The lowest BCUT2D eigenvalue weighted by Gasteiger charge is -2.57. The highest BCUT2D eigenvalue weighted by atomic mass is 127. The normalized spacial score (nSPS) is 34.1. The molecule has 0 saturated heterocycles. The van der Waals surface area contributed by atoms with Crippen molar-refractivity contribution >= 4 is 28.2 Å². The van der Waals surface area contributed by atoms with E-state index >= 15 is 0 Å². The third-order valence-corrected chi connectivity index (χ3v) is 11.5. The van der Waals surface area contributed by atoms with E-state index in [9.17, 15) is 0 Å². The van der Waals surface area contributed by atoms with Crippen LogP contribution in [0.15, 0.2) is 77.6 Å². The van der Waals surface area contributed by atoms with Crippen molar-refractivity contribution in [1.29, 1.82) is 0 Å². The third kappa shape index (κ3) is 4.48. The highest BCUT2D eigenvalue weighted by Gasteiger charge is 2.54. The van der Waals surface area contributed by atoms with Crippen LogP contribution < -0.4 is 5.73 Å². The first-order valence-corrected chi connectivity index (χ1v) is 16.5. The van der Waals surface area contributed by atoms with Crippen molar-refractivity contribution in [2.45, 2.75) is 86.0 Å². The molecule has 0 radical (unpaired) electrons. The van der Waals surface area contributed by atoms with Crippen LogP contribution in [-0.4, -0.2) is 4.43 Å². The van der Waals surface area contributed by atoms with Crippen molar-refractivity contribution in [2.24, 2.45) is 34.3 Å². The van der Waals surface area contributed by atoms with Gasteiger partial charge in [0.2, 0.25) is 0 Å². The first kappa shape index (κ1) is 28.7. The number of rotatable bonds is 5. The van der Waals surface area contributed by atoms with Crippen molar-refractivity contribution in [2.75, 3.05) is 4.43 Å². The first-order valence-electron chi connectivity index (χ1n) is 15.0. The van der Waals surface area contributed by atoms with Crippen molar-refractivity contribution in [3.63, 3.8) is 0 Å². The number of allylic oxidation sites excluding steroid dienone is 7. The van der Waals surface area contributed by atoms with E-state index in [1.165, 1.54) is 57.1 Å². The molecule has 0 bridgehead atoms. The number of fused-ring (bicyclic) bond motifs is 3. The Balaban J connectivity index is 1.64. The fraction of sp³-hybridized carbons (Fsp3) is 0.514. The molecule has 0 saturated carbocycles. The lowest BCUT2D eigenvalue weighted by Crippen LogP contribution is -2.47. The van der Waals surface area contributed by atoms with Gasteiger partial charge in [0.25, 0.3) is 0 Å². The maximum atomic E-state index is 6.31. The number of nitrogens with two attached hydrogens (primary N) is 1. The van der Waals surface area contributed by atoms with E-state index in [4.69, 9.17) is 12.3 Å². The van der Waals surface area contributed by atoms with Crippen LogP contribution >= 0.6 is 22.6 Å². The van der Waals surface area contributed by atoms with Crippen LogP contribution in [-0.2, 0) is 6.42 Å². The smallest absolute Gasteiger partial charge is 0.0316 e. The van der Waals surface area contributed by atoms with E-state index in [2.05, 4.69) is 102 Å². The van der Waals surface area contributed by atoms with Crippen LogP contribution in [0.2, 0.25) is 0 Å². The van der Waals surface area contributed by atoms with E-state index in [0.29, 0.717) is 11.6 Å². The summed E-state index contributed by atoms with van der Waals surface area (Å²) in [6, 6.07) is 4.82. The molecule has 4 aliphatic rings. The van der Waals surface area contributed by atoms with Gasteiger partial charge in [-0.3, -0.25) is 0 Å². The maximum Gasteiger partial charge on any atom is 0.0316 e. The van der Waals surface area contributed by atoms with Gasteiger partial charge in [0.15, 0.2) is 0 Å². The second-order valence-electron chi connectivity index (χ2n) is 13.8. The van der Waals surface area contributed by atoms with Crippen molar-refractivity contribution in [3.8, 4) is 0 Å². The maximum absolute atomic E-state index is 6.31. The standard InChI is InChI=1S/C37H48IN/c1-10-27-12-13-29(17-28(27)15-16-38)30-14-11-21(2)33-24(5)35-25(6)34-23(4)32(26(7)39)22(3)18-36(34,8)20-37(35,9)19-31(30)33/h11-14,27-29,34H,4-5,7,10,15-20,39H2,1-3,6,8-9H3/t27?,28?,29?,34?,36-,37+/m0/s1. The fourth-order valence-corrected chi connectivity index (χ4v) is 10.7. The van der Waals surface area contributed by atoms with Crippen LogP contribution in [0, 0.1) is 35.5 Å². The third-order valence-electron chi connectivity index (χ3n) is 10.8. The molecular formula is C37H48IN. The van der Waals surface area contributed by atoms with Crippen LogP contribution in [0.3, 0.4) is 0 Å². The molecule has 1 aromatic carbocycles. The summed E-state index contributed by atoms with van der Waals surface area (Å²) in [4.78, 5) is 0. The Morgan fingerprint density at radius 1 is 1.10 bits per heavy atom. The van der Waals surface area contributed by atoms with Gasteiger partial charge in [-0.25, -0.2) is 0 Å². The number of benzene rings is 1. The summed E-state index contributed by atoms with van der Waals surface area (Å²) in [5.41, 5.74) is 20.8. The molecule has 39 heavy (non-hydrogen) atoms. The second kappa shape index (κ2) is 10.2. The largest absolute Gasteiger partial charge is 0.399 e. The Morgan fingerprint density at radius 2 is 1.82 bits per heavy atom. The highest BCUT2D eigenvalue weighted by Crippen LogP contribution is 2.65. The molecule has 0 amide bonds. The number of hydrogen-bond acceptors (Lipinski definition) is 1. The summed E-state index contributed by atoms with van der Waals surface area (Å²) >= 11 is 2.57. The Hall–Kier alpha value is -1.81. The predicted molar refractivity (Wildman–Crippen MR) is 178 cm³/mol. The molecule has 5 rings (SSSR count). The molecule has 6 atom stereocenters. The zero-order chi connectivity index (χ0) is 28.4. The van der Waals surface area contributed by atoms with E-state index < -0.39 is 0 Å².